The fraction of sp³-hybridized carbons (Fsp3) is 0.933. The van der Waals surface area contributed by atoms with E-state index in [1.165, 1.54) is 25.7 Å². The number of carbonyl (C=O) groups excluding carboxylic acids is 1. The molecule has 18 heavy (non-hydrogen) atoms. The third kappa shape index (κ3) is 4.27. The Morgan fingerprint density at radius 1 is 1.28 bits per heavy atom. The van der Waals surface area contributed by atoms with Crippen LogP contribution < -0.4 is 5.73 Å². The number of amides is 1. The van der Waals surface area contributed by atoms with Gasteiger partial charge in [-0.15, -0.1) is 0 Å². The largest absolute Gasteiger partial charge is 0.339 e. The molecule has 1 amide bonds. The monoisotopic (exact) mass is 252 g/mol. The van der Waals surface area contributed by atoms with E-state index in [0.29, 0.717) is 36.8 Å². The van der Waals surface area contributed by atoms with Crippen LogP contribution in [0.3, 0.4) is 0 Å². The first-order chi connectivity index (χ1) is 8.60. The Bertz CT molecular complexity index is 282. The fourth-order valence-corrected chi connectivity index (χ4v) is 2.71. The second-order valence-electron chi connectivity index (χ2n) is 6.66. The van der Waals surface area contributed by atoms with Crippen LogP contribution in [0.2, 0.25) is 0 Å². The lowest BCUT2D eigenvalue weighted by molar-refractivity contribution is -0.133. The van der Waals surface area contributed by atoms with Gasteiger partial charge in [0.2, 0.25) is 5.91 Å². The summed E-state index contributed by atoms with van der Waals surface area (Å²) in [5.74, 6) is 2.17. The molecule has 0 bridgehead atoms. The molecule has 0 aromatic rings. The Morgan fingerprint density at radius 3 is 2.39 bits per heavy atom. The Morgan fingerprint density at radius 2 is 1.94 bits per heavy atom. The molecule has 1 unspecified atom stereocenters. The summed E-state index contributed by atoms with van der Waals surface area (Å²) in [6, 6.07) is 0.565. The quantitative estimate of drug-likeness (QED) is 0.721. The van der Waals surface area contributed by atoms with Crippen LogP contribution in [0.5, 0.6) is 0 Å². The highest BCUT2D eigenvalue weighted by Gasteiger charge is 2.36. The van der Waals surface area contributed by atoms with Gasteiger partial charge in [-0.1, -0.05) is 13.8 Å². The smallest absolute Gasteiger partial charge is 0.223 e. The molecule has 0 aromatic heterocycles. The Kier molecular flexibility index (Phi) is 4.66. The van der Waals surface area contributed by atoms with Gasteiger partial charge in [0.1, 0.15) is 0 Å². The van der Waals surface area contributed by atoms with Gasteiger partial charge in [-0.2, -0.15) is 0 Å². The number of rotatable bonds is 8. The molecule has 2 N–H and O–H groups in total. The Labute approximate surface area is 111 Å². The highest BCUT2D eigenvalue weighted by atomic mass is 16.2. The summed E-state index contributed by atoms with van der Waals surface area (Å²) in [4.78, 5) is 14.6. The summed E-state index contributed by atoms with van der Waals surface area (Å²) in [6.45, 7) is 6.07. The van der Waals surface area contributed by atoms with Gasteiger partial charge in [0.25, 0.3) is 0 Å². The standard InChI is InChI=1S/C15H28N2O/c1-11(2)7-13(9-16)8-15(18)17(14-5-6-14)10-12-3-4-12/h11-14H,3-10,16H2,1-2H3. The molecule has 0 spiro atoms. The zero-order chi connectivity index (χ0) is 13.1. The third-order valence-electron chi connectivity index (χ3n) is 4.06. The van der Waals surface area contributed by atoms with E-state index in [4.69, 9.17) is 5.73 Å². The van der Waals surface area contributed by atoms with Crippen LogP contribution in [0.4, 0.5) is 0 Å². The highest BCUT2D eigenvalue weighted by Crippen LogP contribution is 2.35. The van der Waals surface area contributed by atoms with E-state index in [0.717, 1.165) is 18.9 Å². The van der Waals surface area contributed by atoms with E-state index in [1.54, 1.807) is 0 Å². The molecule has 2 aliphatic carbocycles. The predicted molar refractivity (Wildman–Crippen MR) is 74.1 cm³/mol. The summed E-state index contributed by atoms with van der Waals surface area (Å²) in [5.41, 5.74) is 5.80. The van der Waals surface area contributed by atoms with Crippen molar-refractivity contribution in [3.8, 4) is 0 Å². The van der Waals surface area contributed by atoms with Gasteiger partial charge in [-0.25, -0.2) is 0 Å². The molecule has 104 valence electrons. The lowest BCUT2D eigenvalue weighted by Crippen LogP contribution is -2.37. The zero-order valence-electron chi connectivity index (χ0n) is 11.9. The van der Waals surface area contributed by atoms with Gasteiger partial charge in [-0.3, -0.25) is 4.79 Å². The molecule has 2 rings (SSSR count). The average molecular weight is 252 g/mol. The van der Waals surface area contributed by atoms with Crippen molar-refractivity contribution in [2.45, 2.75) is 58.4 Å². The van der Waals surface area contributed by atoms with E-state index in [9.17, 15) is 4.79 Å². The first kappa shape index (κ1) is 13.9. The van der Waals surface area contributed by atoms with Gasteiger partial charge >= 0.3 is 0 Å². The van der Waals surface area contributed by atoms with Crippen LogP contribution in [0.1, 0.15) is 52.4 Å². The maximum absolute atomic E-state index is 12.4. The minimum atomic E-state index is 0.362. The number of nitrogens with zero attached hydrogens (tertiary/aromatic N) is 1. The number of nitrogens with two attached hydrogens (primary N) is 1. The van der Waals surface area contributed by atoms with E-state index < -0.39 is 0 Å². The minimum absolute atomic E-state index is 0.362. The van der Waals surface area contributed by atoms with Crippen LogP contribution in [0.15, 0.2) is 0 Å². The molecule has 2 fully saturated rings. The van der Waals surface area contributed by atoms with E-state index in [1.807, 2.05) is 0 Å². The number of hydrogen-bond acceptors (Lipinski definition) is 2. The first-order valence-corrected chi connectivity index (χ1v) is 7.59. The third-order valence-corrected chi connectivity index (χ3v) is 4.06. The van der Waals surface area contributed by atoms with Crippen molar-refractivity contribution in [1.82, 2.24) is 4.90 Å². The molecule has 2 saturated carbocycles. The number of carbonyl (C=O) groups is 1. The molecule has 0 aliphatic heterocycles. The van der Waals surface area contributed by atoms with Gasteiger partial charge < -0.3 is 10.6 Å². The van der Waals surface area contributed by atoms with Crippen molar-refractivity contribution in [3.63, 3.8) is 0 Å². The molecule has 0 heterocycles. The van der Waals surface area contributed by atoms with E-state index in [-0.39, 0.29) is 0 Å². The van der Waals surface area contributed by atoms with Crippen LogP contribution >= 0.6 is 0 Å². The Balaban J connectivity index is 1.82. The van der Waals surface area contributed by atoms with Crippen molar-refractivity contribution < 1.29 is 4.79 Å². The minimum Gasteiger partial charge on any atom is -0.339 e. The van der Waals surface area contributed by atoms with E-state index >= 15 is 0 Å². The summed E-state index contributed by atoms with van der Waals surface area (Å²) in [7, 11) is 0. The molecular formula is C15H28N2O. The molecule has 0 aromatic carbocycles. The van der Waals surface area contributed by atoms with Crippen LogP contribution in [-0.4, -0.2) is 29.9 Å². The lowest BCUT2D eigenvalue weighted by Gasteiger charge is -2.25. The molecule has 3 nitrogen and oxygen atoms in total. The fourth-order valence-electron chi connectivity index (χ4n) is 2.71. The van der Waals surface area contributed by atoms with E-state index in [2.05, 4.69) is 18.7 Å². The second-order valence-corrected chi connectivity index (χ2v) is 6.66. The van der Waals surface area contributed by atoms with Crippen LogP contribution in [0.25, 0.3) is 0 Å². The van der Waals surface area contributed by atoms with Crippen LogP contribution in [-0.2, 0) is 4.79 Å². The molecule has 1 atom stereocenters. The highest BCUT2D eigenvalue weighted by molar-refractivity contribution is 5.77. The van der Waals surface area contributed by atoms with Crippen molar-refractivity contribution in [1.29, 1.82) is 0 Å². The number of hydrogen-bond donors (Lipinski definition) is 1. The Hall–Kier alpha value is -0.570. The SMILES string of the molecule is CC(C)CC(CN)CC(=O)N(CC1CC1)C1CC1. The maximum Gasteiger partial charge on any atom is 0.223 e. The molecule has 0 saturated heterocycles. The summed E-state index contributed by atoms with van der Waals surface area (Å²) < 4.78 is 0. The molecule has 2 aliphatic rings. The zero-order valence-corrected chi connectivity index (χ0v) is 11.9. The summed E-state index contributed by atoms with van der Waals surface area (Å²) >= 11 is 0. The molecule has 0 radical (unpaired) electrons. The van der Waals surface area contributed by atoms with Crippen molar-refractivity contribution >= 4 is 5.91 Å². The van der Waals surface area contributed by atoms with Crippen molar-refractivity contribution in [2.24, 2.45) is 23.5 Å². The summed E-state index contributed by atoms with van der Waals surface area (Å²) in [5, 5.41) is 0. The van der Waals surface area contributed by atoms with Gasteiger partial charge in [0, 0.05) is 19.0 Å². The van der Waals surface area contributed by atoms with Gasteiger partial charge in [-0.05, 0) is 56.4 Å². The first-order valence-electron chi connectivity index (χ1n) is 7.59. The van der Waals surface area contributed by atoms with Gasteiger partial charge in [0.05, 0.1) is 0 Å². The average Bonchev–Trinajstić information content (AvgIpc) is 3.14. The summed E-state index contributed by atoms with van der Waals surface area (Å²) in [6.07, 6.45) is 6.82. The lowest BCUT2D eigenvalue weighted by atomic mass is 9.93. The normalized spacial score (nSPS) is 21.1. The van der Waals surface area contributed by atoms with Crippen molar-refractivity contribution in [2.75, 3.05) is 13.1 Å². The van der Waals surface area contributed by atoms with Crippen molar-refractivity contribution in [3.05, 3.63) is 0 Å². The molecule has 3 heteroatoms. The van der Waals surface area contributed by atoms with Gasteiger partial charge in [0.15, 0.2) is 0 Å². The predicted octanol–water partition coefficient (Wildman–Crippen LogP) is 2.40. The van der Waals surface area contributed by atoms with Crippen LogP contribution in [0, 0.1) is 17.8 Å². The second kappa shape index (κ2) is 6.05. The maximum atomic E-state index is 12.4. The topological polar surface area (TPSA) is 46.3 Å². The molecular weight excluding hydrogens is 224 g/mol.